The van der Waals surface area contributed by atoms with Crippen LogP contribution < -0.4 is 9.78 Å². The molecule has 0 saturated carbocycles. The van der Waals surface area contributed by atoms with E-state index in [1.807, 2.05) is 65.0 Å². The van der Waals surface area contributed by atoms with Crippen LogP contribution in [0.5, 0.6) is 0 Å². The summed E-state index contributed by atoms with van der Waals surface area (Å²) in [5, 5.41) is 13.9. The van der Waals surface area contributed by atoms with E-state index in [2.05, 4.69) is 5.32 Å². The molecule has 130 valence electrons. The molecule has 0 radical (unpaired) electrons. The molecule has 0 aliphatic rings. The van der Waals surface area contributed by atoms with Crippen molar-refractivity contribution in [3.8, 4) is 0 Å². The van der Waals surface area contributed by atoms with Gasteiger partial charge in [0.25, 0.3) is 0 Å². The predicted octanol–water partition coefficient (Wildman–Crippen LogP) is 1.90. The van der Waals surface area contributed by atoms with E-state index in [9.17, 15) is 9.90 Å². The summed E-state index contributed by atoms with van der Waals surface area (Å²) in [5.74, 6) is -0.321. The molecular formula is C18H29NO3Se. The maximum atomic E-state index is 12.8. The zero-order chi connectivity index (χ0) is 17.5. The predicted molar refractivity (Wildman–Crippen MR) is 95.2 cm³/mol. The van der Waals surface area contributed by atoms with Crippen LogP contribution in [0.4, 0.5) is 0 Å². The third-order valence-corrected chi connectivity index (χ3v) is 6.23. The minimum absolute atomic E-state index is 0.220. The Morgan fingerprint density at radius 1 is 1.26 bits per heavy atom. The van der Waals surface area contributed by atoms with Crippen LogP contribution >= 0.6 is 0 Å². The van der Waals surface area contributed by atoms with Crippen molar-refractivity contribution in [3.05, 3.63) is 30.3 Å². The van der Waals surface area contributed by atoms with Crippen molar-refractivity contribution >= 4 is 25.4 Å². The molecule has 0 unspecified atom stereocenters. The van der Waals surface area contributed by atoms with E-state index in [1.54, 1.807) is 0 Å². The number of esters is 1. The average Bonchev–Trinajstić information content (AvgIpc) is 2.46. The van der Waals surface area contributed by atoms with E-state index >= 15 is 0 Å². The van der Waals surface area contributed by atoms with Gasteiger partial charge in [-0.2, -0.15) is 0 Å². The van der Waals surface area contributed by atoms with E-state index in [0.29, 0.717) is 13.0 Å². The molecule has 0 saturated heterocycles. The van der Waals surface area contributed by atoms with Crippen LogP contribution in [-0.2, 0) is 9.53 Å². The number of hydrogen-bond acceptors (Lipinski definition) is 4. The monoisotopic (exact) mass is 387 g/mol. The van der Waals surface area contributed by atoms with E-state index in [0.717, 1.165) is 11.0 Å². The number of nitrogens with one attached hydrogen (secondary N) is 1. The molecule has 1 aromatic carbocycles. The number of aliphatic hydroxyl groups is 1. The number of hydrogen-bond donors (Lipinski definition) is 2. The molecule has 1 aromatic rings. The normalized spacial score (nSPS) is 15.7. The second-order valence-electron chi connectivity index (χ2n) is 6.68. The van der Waals surface area contributed by atoms with Gasteiger partial charge in [0.15, 0.2) is 0 Å². The van der Waals surface area contributed by atoms with Crippen molar-refractivity contribution in [1.29, 1.82) is 0 Å². The number of aliphatic hydroxyl groups excluding tert-OH is 1. The second kappa shape index (κ2) is 8.84. The molecule has 1 rings (SSSR count). The van der Waals surface area contributed by atoms with Crippen LogP contribution in [0.3, 0.4) is 0 Å². The summed E-state index contributed by atoms with van der Waals surface area (Å²) in [4.78, 5) is 12.8. The fraction of sp³-hybridized carbons (Fsp3) is 0.611. The Morgan fingerprint density at radius 2 is 1.87 bits per heavy atom. The minimum atomic E-state index is -0.906. The molecule has 4 nitrogen and oxygen atoms in total. The van der Waals surface area contributed by atoms with Crippen LogP contribution in [0.1, 0.15) is 41.0 Å². The van der Waals surface area contributed by atoms with Crippen LogP contribution in [0, 0.1) is 0 Å². The molecule has 0 aromatic heterocycles. The first kappa shape index (κ1) is 20.2. The van der Waals surface area contributed by atoms with Gasteiger partial charge in [-0.1, -0.05) is 0 Å². The number of carbonyl (C=O) groups is 1. The van der Waals surface area contributed by atoms with Crippen molar-refractivity contribution in [2.75, 3.05) is 13.1 Å². The van der Waals surface area contributed by atoms with Gasteiger partial charge in [-0.15, -0.1) is 0 Å². The van der Waals surface area contributed by atoms with Gasteiger partial charge in [0.05, 0.1) is 0 Å². The molecule has 0 heterocycles. The van der Waals surface area contributed by atoms with Crippen LogP contribution in [0.2, 0.25) is 4.31 Å². The molecule has 0 bridgehead atoms. The van der Waals surface area contributed by atoms with E-state index in [4.69, 9.17) is 4.74 Å². The van der Waals surface area contributed by atoms with Gasteiger partial charge in [-0.3, -0.25) is 0 Å². The summed E-state index contributed by atoms with van der Waals surface area (Å²) in [6.07, 6.45) is -0.213. The topological polar surface area (TPSA) is 58.6 Å². The Labute approximate surface area is 146 Å². The molecule has 2 N–H and O–H groups in total. The number of carbonyl (C=O) groups excluding carboxylic acids is 1. The summed E-state index contributed by atoms with van der Waals surface area (Å²) >= 11 is -0.220. The van der Waals surface area contributed by atoms with Gasteiger partial charge >= 0.3 is 146 Å². The Bertz CT molecular complexity index is 487. The zero-order valence-electron chi connectivity index (χ0n) is 14.8. The number of rotatable bonds is 8. The van der Waals surface area contributed by atoms with Crippen molar-refractivity contribution in [2.45, 2.75) is 57.1 Å². The molecular weight excluding hydrogens is 357 g/mol. The summed E-state index contributed by atoms with van der Waals surface area (Å²) < 4.78 is 5.77. The molecule has 0 aliphatic carbocycles. The van der Waals surface area contributed by atoms with Gasteiger partial charge in [-0.05, 0) is 0 Å². The van der Waals surface area contributed by atoms with Crippen molar-refractivity contribution in [3.63, 3.8) is 0 Å². The summed E-state index contributed by atoms with van der Waals surface area (Å²) in [5.41, 5.74) is -0.563. The zero-order valence-corrected chi connectivity index (χ0v) is 16.5. The summed E-state index contributed by atoms with van der Waals surface area (Å²) in [7, 11) is 0. The Morgan fingerprint density at radius 3 is 2.39 bits per heavy atom. The standard InChI is InChI=1S/C18H29NO3Se/c1-6-19-13-12-15(20)18(5,16(21)22-17(2,3)4)23-14-10-8-7-9-11-14/h7-11,15,19-20H,6,12-13H2,1-5H3/t15-,18+/m0/s1. The van der Waals surface area contributed by atoms with Crippen molar-refractivity contribution < 1.29 is 14.6 Å². The van der Waals surface area contributed by atoms with Crippen LogP contribution in [-0.4, -0.2) is 50.8 Å². The molecule has 5 heteroatoms. The van der Waals surface area contributed by atoms with Crippen molar-refractivity contribution in [2.24, 2.45) is 0 Å². The van der Waals surface area contributed by atoms with Gasteiger partial charge in [0, 0.05) is 0 Å². The van der Waals surface area contributed by atoms with Gasteiger partial charge < -0.3 is 0 Å². The van der Waals surface area contributed by atoms with Gasteiger partial charge in [0.1, 0.15) is 0 Å². The molecule has 23 heavy (non-hydrogen) atoms. The molecule has 0 amide bonds. The maximum absolute atomic E-state index is 12.8. The Balaban J connectivity index is 2.96. The van der Waals surface area contributed by atoms with Crippen LogP contribution in [0.15, 0.2) is 30.3 Å². The average molecular weight is 386 g/mol. The first-order valence-corrected chi connectivity index (χ1v) is 9.76. The SMILES string of the molecule is CCNCC[C@H](O)[C@@](C)([Se]c1ccccc1)C(=O)OC(C)(C)C. The van der Waals surface area contributed by atoms with Gasteiger partial charge in [-0.25, -0.2) is 0 Å². The summed E-state index contributed by atoms with van der Waals surface area (Å²) in [6, 6.07) is 9.86. The first-order valence-electron chi connectivity index (χ1n) is 8.05. The fourth-order valence-corrected chi connectivity index (χ4v) is 4.49. The first-order chi connectivity index (χ1) is 10.7. The second-order valence-corrected chi connectivity index (χ2v) is 9.88. The Hall–Kier alpha value is -0.871. The molecule has 0 fully saturated rings. The molecule has 2 atom stereocenters. The number of benzene rings is 1. The third-order valence-electron chi connectivity index (χ3n) is 3.36. The quantitative estimate of drug-likeness (QED) is 0.407. The number of ether oxygens (including phenoxy) is 1. The third kappa shape index (κ3) is 6.64. The Kier molecular flexibility index (Phi) is 7.75. The van der Waals surface area contributed by atoms with E-state index < -0.39 is 16.0 Å². The molecule has 0 aliphatic heterocycles. The van der Waals surface area contributed by atoms with E-state index in [-0.39, 0.29) is 20.9 Å². The summed E-state index contributed by atoms with van der Waals surface area (Å²) in [6.45, 7) is 10.9. The van der Waals surface area contributed by atoms with Crippen molar-refractivity contribution in [1.82, 2.24) is 5.32 Å². The fourth-order valence-electron chi connectivity index (χ4n) is 2.05. The molecule has 0 spiro atoms. The van der Waals surface area contributed by atoms with Gasteiger partial charge in [0.2, 0.25) is 0 Å². The van der Waals surface area contributed by atoms with E-state index in [1.165, 1.54) is 0 Å². The van der Waals surface area contributed by atoms with Crippen LogP contribution in [0.25, 0.3) is 0 Å².